The minimum Gasteiger partial charge on any atom is -0.392 e. The molecule has 1 fully saturated rings. The molecule has 0 saturated carbocycles. The van der Waals surface area contributed by atoms with Crippen molar-refractivity contribution in [2.45, 2.75) is 38.7 Å². The van der Waals surface area contributed by atoms with Crippen LogP contribution in [0.1, 0.15) is 32.0 Å². The van der Waals surface area contributed by atoms with E-state index in [2.05, 4.69) is 21.5 Å². The van der Waals surface area contributed by atoms with Crippen molar-refractivity contribution >= 4 is 0 Å². The number of likely N-dealkylation sites (tertiary alicyclic amines) is 1. The van der Waals surface area contributed by atoms with Crippen LogP contribution in [0.2, 0.25) is 0 Å². The van der Waals surface area contributed by atoms with E-state index in [-0.39, 0.29) is 6.10 Å². The molecule has 2 atom stereocenters. The Morgan fingerprint density at radius 1 is 1.56 bits per heavy atom. The summed E-state index contributed by atoms with van der Waals surface area (Å²) in [6.07, 6.45) is 8.14. The third kappa shape index (κ3) is 3.56. The number of aromatic nitrogens is 2. The smallest absolute Gasteiger partial charge is 0.108 e. The third-order valence-electron chi connectivity index (χ3n) is 3.94. The van der Waals surface area contributed by atoms with E-state index in [1.165, 1.54) is 18.7 Å². The van der Waals surface area contributed by atoms with Crippen LogP contribution in [0.15, 0.2) is 12.4 Å². The van der Waals surface area contributed by atoms with Gasteiger partial charge in [-0.25, -0.2) is 4.98 Å². The first kappa shape index (κ1) is 13.6. The summed E-state index contributed by atoms with van der Waals surface area (Å²) in [6, 6.07) is 0. The number of hydrogen-bond donors (Lipinski definition) is 1. The largest absolute Gasteiger partial charge is 0.392 e. The van der Waals surface area contributed by atoms with Gasteiger partial charge in [0, 0.05) is 39.0 Å². The van der Waals surface area contributed by atoms with Crippen LogP contribution in [-0.2, 0) is 13.5 Å². The van der Waals surface area contributed by atoms with Crippen molar-refractivity contribution < 1.29 is 5.11 Å². The number of rotatable bonds is 5. The topological polar surface area (TPSA) is 41.3 Å². The van der Waals surface area contributed by atoms with Crippen LogP contribution < -0.4 is 0 Å². The van der Waals surface area contributed by atoms with Gasteiger partial charge in [-0.1, -0.05) is 6.92 Å². The maximum absolute atomic E-state index is 9.74. The molecule has 0 aliphatic carbocycles. The quantitative estimate of drug-likeness (QED) is 0.861. The van der Waals surface area contributed by atoms with Crippen molar-refractivity contribution in [2.24, 2.45) is 13.0 Å². The van der Waals surface area contributed by atoms with Gasteiger partial charge in [0.2, 0.25) is 0 Å². The highest BCUT2D eigenvalue weighted by Gasteiger charge is 2.22. The van der Waals surface area contributed by atoms with Gasteiger partial charge in [0.05, 0.1) is 6.10 Å². The molecular weight excluding hydrogens is 226 g/mol. The number of β-amino-alcohol motifs (C(OH)–C–C–N with tert-alkyl or cyclic N) is 1. The Labute approximate surface area is 110 Å². The van der Waals surface area contributed by atoms with E-state index < -0.39 is 0 Å². The van der Waals surface area contributed by atoms with Crippen molar-refractivity contribution in [3.8, 4) is 0 Å². The first-order chi connectivity index (χ1) is 8.69. The van der Waals surface area contributed by atoms with Gasteiger partial charge in [-0.2, -0.15) is 0 Å². The highest BCUT2D eigenvalue weighted by atomic mass is 16.3. The Kier molecular flexibility index (Phi) is 4.78. The van der Waals surface area contributed by atoms with Crippen LogP contribution in [0.5, 0.6) is 0 Å². The van der Waals surface area contributed by atoms with Crippen LogP contribution in [0.25, 0.3) is 0 Å². The summed E-state index contributed by atoms with van der Waals surface area (Å²) >= 11 is 0. The fraction of sp³-hybridized carbons (Fsp3) is 0.786. The maximum Gasteiger partial charge on any atom is 0.108 e. The normalized spacial score (nSPS) is 23.2. The number of imidazole rings is 1. The molecule has 1 aromatic rings. The predicted octanol–water partition coefficient (Wildman–Crippen LogP) is 1.45. The molecule has 1 saturated heterocycles. The highest BCUT2D eigenvalue weighted by molar-refractivity contribution is 4.94. The number of aliphatic hydroxyl groups is 1. The lowest BCUT2D eigenvalue weighted by Gasteiger charge is -2.33. The zero-order valence-electron chi connectivity index (χ0n) is 11.5. The van der Waals surface area contributed by atoms with Gasteiger partial charge in [0.25, 0.3) is 0 Å². The fourth-order valence-electron chi connectivity index (χ4n) is 2.76. The summed E-state index contributed by atoms with van der Waals surface area (Å²) < 4.78 is 2.11. The van der Waals surface area contributed by atoms with Gasteiger partial charge in [-0.3, -0.25) is 0 Å². The fourth-order valence-corrected chi connectivity index (χ4v) is 2.76. The van der Waals surface area contributed by atoms with Crippen LogP contribution in [-0.4, -0.2) is 45.3 Å². The zero-order valence-corrected chi connectivity index (χ0v) is 11.5. The van der Waals surface area contributed by atoms with E-state index in [0.29, 0.717) is 5.92 Å². The number of nitrogens with zero attached hydrogens (tertiary/aromatic N) is 3. The minimum absolute atomic E-state index is 0.170. The Balaban J connectivity index is 1.85. The van der Waals surface area contributed by atoms with Crippen molar-refractivity contribution in [1.29, 1.82) is 0 Å². The molecule has 1 N–H and O–H groups in total. The lowest BCUT2D eigenvalue weighted by Crippen LogP contribution is -2.40. The van der Waals surface area contributed by atoms with E-state index >= 15 is 0 Å². The maximum atomic E-state index is 9.74. The van der Waals surface area contributed by atoms with E-state index in [1.54, 1.807) is 0 Å². The SMILES string of the molecule is CCC(O)CN1CCCC(Cc2nccn2C)C1. The molecule has 18 heavy (non-hydrogen) atoms. The number of aliphatic hydroxyl groups excluding tert-OH is 1. The standard InChI is InChI=1S/C14H25N3O/c1-3-13(18)11-17-7-4-5-12(10-17)9-14-15-6-8-16(14)2/h6,8,12-13,18H,3-5,7,9-11H2,1-2H3. The van der Waals surface area contributed by atoms with Crippen LogP contribution >= 0.6 is 0 Å². The second-order valence-electron chi connectivity index (χ2n) is 5.49. The molecule has 1 aliphatic rings. The third-order valence-corrected chi connectivity index (χ3v) is 3.94. The lowest BCUT2D eigenvalue weighted by atomic mass is 9.94. The Morgan fingerprint density at radius 2 is 2.39 bits per heavy atom. The van der Waals surface area contributed by atoms with Crippen LogP contribution in [0, 0.1) is 5.92 Å². The Hall–Kier alpha value is -0.870. The molecule has 0 amide bonds. The first-order valence-electron chi connectivity index (χ1n) is 7.05. The van der Waals surface area contributed by atoms with Gasteiger partial charge in [0.1, 0.15) is 5.82 Å². The summed E-state index contributed by atoms with van der Waals surface area (Å²) in [5.74, 6) is 1.86. The molecule has 0 spiro atoms. The van der Waals surface area contributed by atoms with Gasteiger partial charge >= 0.3 is 0 Å². The molecule has 0 aromatic carbocycles. The molecule has 4 heteroatoms. The van der Waals surface area contributed by atoms with Crippen LogP contribution in [0.4, 0.5) is 0 Å². The lowest BCUT2D eigenvalue weighted by molar-refractivity contribution is 0.0817. The van der Waals surface area contributed by atoms with Crippen molar-refractivity contribution in [3.05, 3.63) is 18.2 Å². The van der Waals surface area contributed by atoms with Crippen molar-refractivity contribution in [2.75, 3.05) is 19.6 Å². The Morgan fingerprint density at radius 3 is 3.06 bits per heavy atom. The molecule has 4 nitrogen and oxygen atoms in total. The monoisotopic (exact) mass is 251 g/mol. The average molecular weight is 251 g/mol. The van der Waals surface area contributed by atoms with Gasteiger partial charge in [-0.15, -0.1) is 0 Å². The molecule has 0 radical (unpaired) electrons. The van der Waals surface area contributed by atoms with E-state index in [4.69, 9.17) is 0 Å². The molecular formula is C14H25N3O. The molecule has 1 aromatic heterocycles. The van der Waals surface area contributed by atoms with Crippen molar-refractivity contribution in [3.63, 3.8) is 0 Å². The molecule has 2 rings (SSSR count). The first-order valence-corrected chi connectivity index (χ1v) is 7.05. The van der Waals surface area contributed by atoms with Crippen LogP contribution in [0.3, 0.4) is 0 Å². The number of piperidine rings is 1. The second-order valence-corrected chi connectivity index (χ2v) is 5.49. The second kappa shape index (κ2) is 6.34. The summed E-state index contributed by atoms with van der Waals surface area (Å²) in [5.41, 5.74) is 0. The average Bonchev–Trinajstić information content (AvgIpc) is 2.75. The predicted molar refractivity (Wildman–Crippen MR) is 72.4 cm³/mol. The van der Waals surface area contributed by atoms with Gasteiger partial charge < -0.3 is 14.6 Å². The molecule has 1 aliphatic heterocycles. The summed E-state index contributed by atoms with van der Waals surface area (Å²) in [5, 5.41) is 9.74. The molecule has 0 bridgehead atoms. The number of hydrogen-bond acceptors (Lipinski definition) is 3. The molecule has 2 unspecified atom stereocenters. The summed E-state index contributed by atoms with van der Waals surface area (Å²) in [7, 11) is 2.06. The zero-order chi connectivity index (χ0) is 13.0. The summed E-state index contributed by atoms with van der Waals surface area (Å²) in [6.45, 7) is 5.10. The van der Waals surface area contributed by atoms with E-state index in [9.17, 15) is 5.11 Å². The minimum atomic E-state index is -0.170. The highest BCUT2D eigenvalue weighted by Crippen LogP contribution is 2.20. The van der Waals surface area contributed by atoms with Crippen molar-refractivity contribution in [1.82, 2.24) is 14.5 Å². The Bertz CT molecular complexity index is 364. The molecule has 102 valence electrons. The van der Waals surface area contributed by atoms with Gasteiger partial charge in [0.15, 0.2) is 0 Å². The number of aryl methyl sites for hydroxylation is 1. The summed E-state index contributed by atoms with van der Waals surface area (Å²) in [4.78, 5) is 6.82. The van der Waals surface area contributed by atoms with E-state index in [1.807, 2.05) is 19.3 Å². The van der Waals surface area contributed by atoms with Gasteiger partial charge in [-0.05, 0) is 31.7 Å². The molecule has 2 heterocycles. The van der Waals surface area contributed by atoms with E-state index in [0.717, 1.165) is 32.5 Å².